The van der Waals surface area contributed by atoms with Gasteiger partial charge < -0.3 is 20.1 Å². The molecule has 1 saturated heterocycles. The number of likely N-dealkylation sites (tertiary alicyclic amines) is 1. The van der Waals surface area contributed by atoms with Crippen LogP contribution >= 0.6 is 0 Å². The molecule has 0 radical (unpaired) electrons. The molecule has 20 heavy (non-hydrogen) atoms. The Kier molecular flexibility index (Phi) is 7.54. The molecule has 0 aromatic carbocycles. The fraction of sp³-hybridized carbons (Fsp3) is 0.857. The topological polar surface area (TPSA) is 78.9 Å². The summed E-state index contributed by atoms with van der Waals surface area (Å²) in [5.74, 6) is -1.00. The van der Waals surface area contributed by atoms with Crippen molar-refractivity contribution < 1.29 is 19.4 Å². The molecule has 6 heteroatoms. The molecular weight excluding hydrogens is 260 g/mol. The summed E-state index contributed by atoms with van der Waals surface area (Å²) in [6.45, 7) is 4.08. The van der Waals surface area contributed by atoms with Gasteiger partial charge in [0.1, 0.15) is 0 Å². The second-order valence-electron chi connectivity index (χ2n) is 5.32. The zero-order chi connectivity index (χ0) is 15.0. The maximum atomic E-state index is 12.1. The first-order valence-corrected chi connectivity index (χ1v) is 7.31. The highest BCUT2D eigenvalue weighted by atomic mass is 16.5. The Labute approximate surface area is 120 Å². The Morgan fingerprint density at radius 3 is 2.55 bits per heavy atom. The van der Waals surface area contributed by atoms with E-state index < -0.39 is 5.97 Å². The van der Waals surface area contributed by atoms with Gasteiger partial charge in [0.25, 0.3) is 0 Å². The van der Waals surface area contributed by atoms with Crippen LogP contribution in [0.15, 0.2) is 0 Å². The summed E-state index contributed by atoms with van der Waals surface area (Å²) >= 11 is 0. The van der Waals surface area contributed by atoms with E-state index in [2.05, 4.69) is 12.2 Å². The van der Waals surface area contributed by atoms with Crippen molar-refractivity contribution in [1.29, 1.82) is 0 Å². The van der Waals surface area contributed by atoms with Gasteiger partial charge in [-0.2, -0.15) is 0 Å². The highest BCUT2D eigenvalue weighted by molar-refractivity contribution is 5.79. The van der Waals surface area contributed by atoms with Gasteiger partial charge in [-0.25, -0.2) is 0 Å². The largest absolute Gasteiger partial charge is 0.481 e. The Morgan fingerprint density at radius 1 is 1.40 bits per heavy atom. The number of hydrogen-bond acceptors (Lipinski definition) is 4. The van der Waals surface area contributed by atoms with Gasteiger partial charge in [0, 0.05) is 26.2 Å². The molecule has 1 amide bonds. The normalized spacial score (nSPS) is 18.0. The van der Waals surface area contributed by atoms with Crippen molar-refractivity contribution in [2.75, 3.05) is 33.4 Å². The maximum absolute atomic E-state index is 12.1. The molecule has 1 fully saturated rings. The number of carbonyl (C=O) groups is 2. The molecule has 6 nitrogen and oxygen atoms in total. The second-order valence-corrected chi connectivity index (χ2v) is 5.32. The monoisotopic (exact) mass is 286 g/mol. The van der Waals surface area contributed by atoms with Crippen molar-refractivity contribution in [3.63, 3.8) is 0 Å². The zero-order valence-electron chi connectivity index (χ0n) is 12.4. The van der Waals surface area contributed by atoms with E-state index in [9.17, 15) is 9.59 Å². The third kappa shape index (κ3) is 5.46. The predicted molar refractivity (Wildman–Crippen MR) is 75.5 cm³/mol. The van der Waals surface area contributed by atoms with Gasteiger partial charge in [0.05, 0.1) is 19.1 Å². The highest BCUT2D eigenvalue weighted by Gasteiger charge is 2.26. The van der Waals surface area contributed by atoms with Crippen LogP contribution in [0.5, 0.6) is 0 Å². The van der Waals surface area contributed by atoms with E-state index in [1.54, 1.807) is 12.0 Å². The van der Waals surface area contributed by atoms with Crippen molar-refractivity contribution in [2.45, 2.75) is 38.6 Å². The molecule has 0 aromatic heterocycles. The molecule has 0 saturated carbocycles. The number of amides is 1. The van der Waals surface area contributed by atoms with E-state index in [-0.39, 0.29) is 17.9 Å². The summed E-state index contributed by atoms with van der Waals surface area (Å²) in [6, 6.07) is 0.200. The number of hydrogen-bond donors (Lipinski definition) is 2. The molecule has 0 spiro atoms. The van der Waals surface area contributed by atoms with Crippen LogP contribution in [0.2, 0.25) is 0 Å². The van der Waals surface area contributed by atoms with E-state index in [1.807, 2.05) is 0 Å². The van der Waals surface area contributed by atoms with Crippen molar-refractivity contribution in [3.8, 4) is 0 Å². The molecular formula is C14H26N2O4. The van der Waals surface area contributed by atoms with Crippen molar-refractivity contribution in [1.82, 2.24) is 10.2 Å². The molecule has 1 rings (SSSR count). The second kappa shape index (κ2) is 8.92. The number of aliphatic carboxylic acids is 1. The number of rotatable bonds is 8. The zero-order valence-corrected chi connectivity index (χ0v) is 12.4. The summed E-state index contributed by atoms with van der Waals surface area (Å²) < 4.78 is 5.12. The van der Waals surface area contributed by atoms with Crippen LogP contribution in [0, 0.1) is 5.92 Å². The first kappa shape index (κ1) is 16.9. The number of nitrogens with zero attached hydrogens (tertiary/aromatic N) is 1. The molecule has 1 aliphatic heterocycles. The Balaban J connectivity index is 2.30. The van der Waals surface area contributed by atoms with Gasteiger partial charge in [-0.1, -0.05) is 13.3 Å². The quantitative estimate of drug-likeness (QED) is 0.687. The number of carboxylic acids is 1. The summed E-state index contributed by atoms with van der Waals surface area (Å²) in [5.41, 5.74) is 0. The van der Waals surface area contributed by atoms with Gasteiger partial charge >= 0.3 is 5.97 Å². The van der Waals surface area contributed by atoms with E-state index in [0.717, 1.165) is 12.8 Å². The van der Waals surface area contributed by atoms with Crippen LogP contribution in [0.25, 0.3) is 0 Å². The van der Waals surface area contributed by atoms with E-state index in [0.29, 0.717) is 39.1 Å². The van der Waals surface area contributed by atoms with Gasteiger partial charge in [0.15, 0.2) is 0 Å². The van der Waals surface area contributed by atoms with E-state index in [4.69, 9.17) is 9.84 Å². The molecule has 2 N–H and O–H groups in total. The highest BCUT2D eigenvalue weighted by Crippen LogP contribution is 2.17. The van der Waals surface area contributed by atoms with Crippen LogP contribution < -0.4 is 5.32 Å². The fourth-order valence-corrected chi connectivity index (χ4v) is 2.51. The first-order chi connectivity index (χ1) is 9.58. The van der Waals surface area contributed by atoms with Gasteiger partial charge in [0.2, 0.25) is 5.91 Å². The standard InChI is InChI=1S/C14H26N2O4/c1-3-4-12(10-20-2)15-9-13(17)16-7-5-11(6-8-16)14(18)19/h11-12,15H,3-10H2,1-2H3,(H,18,19). The fourth-order valence-electron chi connectivity index (χ4n) is 2.51. The van der Waals surface area contributed by atoms with Crippen LogP contribution in [0.3, 0.4) is 0 Å². The molecule has 1 atom stereocenters. The molecule has 1 aliphatic rings. The number of piperidine rings is 1. The van der Waals surface area contributed by atoms with Crippen molar-refractivity contribution in [2.24, 2.45) is 5.92 Å². The molecule has 0 bridgehead atoms. The Hall–Kier alpha value is -1.14. The molecule has 116 valence electrons. The van der Waals surface area contributed by atoms with E-state index >= 15 is 0 Å². The number of methoxy groups -OCH3 is 1. The molecule has 0 aromatic rings. The summed E-state index contributed by atoms with van der Waals surface area (Å²) in [5, 5.41) is 12.1. The molecule has 1 unspecified atom stereocenters. The lowest BCUT2D eigenvalue weighted by molar-refractivity contribution is -0.145. The predicted octanol–water partition coefficient (Wildman–Crippen LogP) is 0.714. The average molecular weight is 286 g/mol. The number of nitrogens with one attached hydrogen (secondary N) is 1. The van der Waals surface area contributed by atoms with Gasteiger partial charge in [-0.05, 0) is 19.3 Å². The van der Waals surface area contributed by atoms with Crippen LogP contribution in [-0.4, -0.2) is 61.3 Å². The molecule has 1 heterocycles. The summed E-state index contributed by atoms with van der Waals surface area (Å²) in [7, 11) is 1.66. The lowest BCUT2D eigenvalue weighted by Crippen LogP contribution is -2.46. The molecule has 0 aliphatic carbocycles. The Bertz CT molecular complexity index is 308. The lowest BCUT2D eigenvalue weighted by atomic mass is 9.97. The van der Waals surface area contributed by atoms with Crippen LogP contribution in [0.1, 0.15) is 32.6 Å². The number of carbonyl (C=O) groups excluding carboxylic acids is 1. The minimum atomic E-state index is -0.752. The van der Waals surface area contributed by atoms with Gasteiger partial charge in [-0.15, -0.1) is 0 Å². The lowest BCUT2D eigenvalue weighted by Gasteiger charge is -2.30. The number of carboxylic acid groups (broad SMARTS) is 1. The third-order valence-corrected chi connectivity index (χ3v) is 3.74. The first-order valence-electron chi connectivity index (χ1n) is 7.31. The third-order valence-electron chi connectivity index (χ3n) is 3.74. The minimum absolute atomic E-state index is 0.0473. The Morgan fingerprint density at radius 2 is 2.05 bits per heavy atom. The van der Waals surface area contributed by atoms with Crippen molar-refractivity contribution >= 4 is 11.9 Å². The van der Waals surface area contributed by atoms with Crippen molar-refractivity contribution in [3.05, 3.63) is 0 Å². The van der Waals surface area contributed by atoms with E-state index in [1.165, 1.54) is 0 Å². The van der Waals surface area contributed by atoms with Crippen LogP contribution in [-0.2, 0) is 14.3 Å². The summed E-state index contributed by atoms with van der Waals surface area (Å²) in [6.07, 6.45) is 3.12. The maximum Gasteiger partial charge on any atom is 0.306 e. The SMILES string of the molecule is CCCC(COC)NCC(=O)N1CCC(C(=O)O)CC1. The smallest absolute Gasteiger partial charge is 0.306 e. The van der Waals surface area contributed by atoms with Crippen LogP contribution in [0.4, 0.5) is 0 Å². The average Bonchev–Trinajstić information content (AvgIpc) is 2.45. The minimum Gasteiger partial charge on any atom is -0.481 e. The number of ether oxygens (including phenoxy) is 1. The summed E-state index contributed by atoms with van der Waals surface area (Å²) in [4.78, 5) is 24.7. The van der Waals surface area contributed by atoms with Gasteiger partial charge in [-0.3, -0.25) is 9.59 Å².